The van der Waals surface area contributed by atoms with Crippen LogP contribution in [-0.2, 0) is 4.74 Å². The maximum atomic E-state index is 11.9. The fourth-order valence-corrected chi connectivity index (χ4v) is 3.45. The number of alkyl halides is 3. The molecule has 0 aliphatic heterocycles. The van der Waals surface area contributed by atoms with Crippen LogP contribution in [0, 0.1) is 17.8 Å². The minimum atomic E-state index is -4.24. The summed E-state index contributed by atoms with van der Waals surface area (Å²) in [4.78, 5) is 0. The summed E-state index contributed by atoms with van der Waals surface area (Å²) in [5.41, 5.74) is 5.82. The molecular weight excluding hydrogens is 231 g/mol. The minimum Gasteiger partial charge on any atom is -0.370 e. The predicted molar refractivity (Wildman–Crippen MR) is 58.4 cm³/mol. The number of rotatable bonds is 5. The largest absolute Gasteiger partial charge is 0.411 e. The first kappa shape index (κ1) is 13.1. The van der Waals surface area contributed by atoms with E-state index in [0.717, 1.165) is 18.3 Å². The molecule has 0 radical (unpaired) electrons. The van der Waals surface area contributed by atoms with Crippen LogP contribution in [-0.4, -0.2) is 25.4 Å². The highest BCUT2D eigenvalue weighted by atomic mass is 19.4. The molecular formula is C12H20F3NO. The van der Waals surface area contributed by atoms with Gasteiger partial charge in [-0.25, -0.2) is 0 Å². The average molecular weight is 251 g/mol. The summed E-state index contributed by atoms with van der Waals surface area (Å²) in [5, 5.41) is 0. The van der Waals surface area contributed by atoms with Gasteiger partial charge in [0.15, 0.2) is 0 Å². The van der Waals surface area contributed by atoms with Gasteiger partial charge >= 0.3 is 6.18 Å². The van der Waals surface area contributed by atoms with Gasteiger partial charge < -0.3 is 10.5 Å². The van der Waals surface area contributed by atoms with E-state index in [0.29, 0.717) is 5.92 Å². The third-order valence-electron chi connectivity index (χ3n) is 4.09. The standard InChI is InChI=1S/C12H20F3NO/c13-12(14,15)7-17-6-11(16)5-10-4-8-1-2-9(10)3-8/h8-11H,1-7,16H2. The van der Waals surface area contributed by atoms with Gasteiger partial charge in [-0.3, -0.25) is 0 Å². The van der Waals surface area contributed by atoms with Gasteiger partial charge in [0.25, 0.3) is 0 Å². The second kappa shape index (κ2) is 5.14. The van der Waals surface area contributed by atoms with E-state index in [4.69, 9.17) is 5.73 Å². The molecule has 17 heavy (non-hydrogen) atoms. The molecule has 2 rings (SSSR count). The second-order valence-electron chi connectivity index (χ2n) is 5.56. The average Bonchev–Trinajstić information content (AvgIpc) is 2.76. The molecule has 0 aromatic rings. The van der Waals surface area contributed by atoms with Crippen LogP contribution < -0.4 is 5.73 Å². The molecule has 2 aliphatic carbocycles. The molecule has 0 amide bonds. The van der Waals surface area contributed by atoms with E-state index in [-0.39, 0.29) is 12.6 Å². The SMILES string of the molecule is NC(COCC(F)(F)F)CC1CC2CCC1C2. The van der Waals surface area contributed by atoms with Crippen LogP contribution in [0.25, 0.3) is 0 Å². The fraction of sp³-hybridized carbons (Fsp3) is 1.00. The Kier molecular flexibility index (Phi) is 3.98. The Labute approximate surface area is 99.7 Å². The van der Waals surface area contributed by atoms with Gasteiger partial charge in [-0.1, -0.05) is 6.42 Å². The molecule has 2 nitrogen and oxygen atoms in total. The van der Waals surface area contributed by atoms with Crippen molar-refractivity contribution in [1.82, 2.24) is 0 Å². The molecule has 2 fully saturated rings. The van der Waals surface area contributed by atoms with Gasteiger partial charge in [0.2, 0.25) is 0 Å². The molecule has 0 aromatic carbocycles. The van der Waals surface area contributed by atoms with Crippen molar-refractivity contribution in [3.8, 4) is 0 Å². The Hall–Kier alpha value is -0.290. The molecule has 5 heteroatoms. The summed E-state index contributed by atoms with van der Waals surface area (Å²) in [6.07, 6.45) is 1.72. The normalized spacial score (nSPS) is 34.2. The predicted octanol–water partition coefficient (Wildman–Crippen LogP) is 2.72. The van der Waals surface area contributed by atoms with E-state index in [2.05, 4.69) is 4.74 Å². The first-order valence-electron chi connectivity index (χ1n) is 6.34. The molecule has 2 saturated carbocycles. The van der Waals surface area contributed by atoms with Crippen LogP contribution in [0.2, 0.25) is 0 Å². The Bertz CT molecular complexity index is 257. The maximum absolute atomic E-state index is 11.9. The summed E-state index contributed by atoms with van der Waals surface area (Å²) < 4.78 is 40.2. The van der Waals surface area contributed by atoms with Crippen LogP contribution in [0.4, 0.5) is 13.2 Å². The molecule has 2 bridgehead atoms. The van der Waals surface area contributed by atoms with E-state index in [1.165, 1.54) is 25.7 Å². The smallest absolute Gasteiger partial charge is 0.370 e. The Balaban J connectivity index is 1.63. The zero-order valence-electron chi connectivity index (χ0n) is 9.88. The van der Waals surface area contributed by atoms with Crippen molar-refractivity contribution < 1.29 is 17.9 Å². The number of fused-ring (bicyclic) bond motifs is 2. The quantitative estimate of drug-likeness (QED) is 0.815. The maximum Gasteiger partial charge on any atom is 0.411 e. The Morgan fingerprint density at radius 2 is 2.00 bits per heavy atom. The van der Waals surface area contributed by atoms with Gasteiger partial charge in [-0.2, -0.15) is 13.2 Å². The van der Waals surface area contributed by atoms with Crippen molar-refractivity contribution in [3.63, 3.8) is 0 Å². The van der Waals surface area contributed by atoms with Gasteiger partial charge in [-0.15, -0.1) is 0 Å². The van der Waals surface area contributed by atoms with Crippen LogP contribution in [0.15, 0.2) is 0 Å². The molecule has 0 spiro atoms. The third kappa shape index (κ3) is 3.85. The summed E-state index contributed by atoms with van der Waals surface area (Å²) in [6, 6.07) is -0.248. The molecule has 2 aliphatic rings. The molecule has 4 atom stereocenters. The highest BCUT2D eigenvalue weighted by Crippen LogP contribution is 2.49. The van der Waals surface area contributed by atoms with Crippen LogP contribution in [0.3, 0.4) is 0 Å². The van der Waals surface area contributed by atoms with Crippen molar-refractivity contribution in [3.05, 3.63) is 0 Å². The number of hydrogen-bond acceptors (Lipinski definition) is 2. The monoisotopic (exact) mass is 251 g/mol. The van der Waals surface area contributed by atoms with E-state index in [1.54, 1.807) is 0 Å². The highest BCUT2D eigenvalue weighted by Gasteiger charge is 2.39. The van der Waals surface area contributed by atoms with Gasteiger partial charge in [0.1, 0.15) is 6.61 Å². The van der Waals surface area contributed by atoms with Crippen molar-refractivity contribution in [2.45, 2.75) is 44.3 Å². The van der Waals surface area contributed by atoms with Crippen molar-refractivity contribution in [2.75, 3.05) is 13.2 Å². The Morgan fingerprint density at radius 1 is 1.24 bits per heavy atom. The zero-order valence-corrected chi connectivity index (χ0v) is 9.88. The van der Waals surface area contributed by atoms with E-state index >= 15 is 0 Å². The molecule has 2 N–H and O–H groups in total. The van der Waals surface area contributed by atoms with Gasteiger partial charge in [0.05, 0.1) is 6.61 Å². The summed E-state index contributed by atoms with van der Waals surface area (Å²) in [7, 11) is 0. The minimum absolute atomic E-state index is 0.0212. The number of halogens is 3. The molecule has 0 heterocycles. The third-order valence-corrected chi connectivity index (χ3v) is 4.09. The lowest BCUT2D eigenvalue weighted by Gasteiger charge is -2.24. The van der Waals surface area contributed by atoms with E-state index in [1.807, 2.05) is 0 Å². The first-order valence-corrected chi connectivity index (χ1v) is 6.34. The van der Waals surface area contributed by atoms with Crippen molar-refractivity contribution in [1.29, 1.82) is 0 Å². The fourth-order valence-electron chi connectivity index (χ4n) is 3.45. The number of hydrogen-bond donors (Lipinski definition) is 1. The van der Waals surface area contributed by atoms with E-state index < -0.39 is 12.8 Å². The molecule has 0 saturated heterocycles. The number of nitrogens with two attached hydrogens (primary N) is 1. The van der Waals surface area contributed by atoms with Crippen molar-refractivity contribution >= 4 is 0 Å². The summed E-state index contributed by atoms with van der Waals surface area (Å²) in [6.45, 7) is -1.16. The number of ether oxygens (including phenoxy) is 1. The van der Waals surface area contributed by atoms with Crippen molar-refractivity contribution in [2.24, 2.45) is 23.5 Å². The topological polar surface area (TPSA) is 35.2 Å². The van der Waals surface area contributed by atoms with Crippen LogP contribution >= 0.6 is 0 Å². The lowest BCUT2D eigenvalue weighted by molar-refractivity contribution is -0.175. The van der Waals surface area contributed by atoms with Gasteiger partial charge in [0, 0.05) is 6.04 Å². The lowest BCUT2D eigenvalue weighted by Crippen LogP contribution is -2.32. The first-order chi connectivity index (χ1) is 7.94. The van der Waals surface area contributed by atoms with Gasteiger partial charge in [-0.05, 0) is 43.4 Å². The highest BCUT2D eigenvalue weighted by molar-refractivity contribution is 4.91. The summed E-state index contributed by atoms with van der Waals surface area (Å²) in [5.74, 6) is 2.25. The molecule has 100 valence electrons. The molecule has 4 unspecified atom stereocenters. The lowest BCUT2D eigenvalue weighted by atomic mass is 9.84. The van der Waals surface area contributed by atoms with Crippen LogP contribution in [0.5, 0.6) is 0 Å². The molecule has 0 aromatic heterocycles. The second-order valence-corrected chi connectivity index (χ2v) is 5.56. The summed E-state index contributed by atoms with van der Waals surface area (Å²) >= 11 is 0. The van der Waals surface area contributed by atoms with Crippen LogP contribution in [0.1, 0.15) is 32.1 Å². The zero-order chi connectivity index (χ0) is 12.5. The van der Waals surface area contributed by atoms with E-state index in [9.17, 15) is 13.2 Å². The Morgan fingerprint density at radius 3 is 2.53 bits per heavy atom.